The molecule has 0 aromatic heterocycles. The van der Waals surface area contributed by atoms with Gasteiger partial charge < -0.3 is 4.74 Å². The Morgan fingerprint density at radius 3 is 2.88 bits per heavy atom. The standard InChI is InChI=1S/C12H12O3S/c1-4-6-11-9(5-2)12(14)10(7-16-11)15-8(3)13/h4,6,10H,1-2,7H2,3H3/b11-6+. The molecule has 1 saturated heterocycles. The van der Waals surface area contributed by atoms with E-state index in [9.17, 15) is 9.59 Å². The maximum absolute atomic E-state index is 11.9. The van der Waals surface area contributed by atoms with E-state index < -0.39 is 12.1 Å². The van der Waals surface area contributed by atoms with Crippen LogP contribution in [0.1, 0.15) is 6.92 Å². The van der Waals surface area contributed by atoms with Crippen molar-refractivity contribution in [3.8, 4) is 0 Å². The Morgan fingerprint density at radius 2 is 2.38 bits per heavy atom. The first-order valence-corrected chi connectivity index (χ1v) is 5.66. The SMILES string of the molecule is C=C=C1C(=O)C(OC(C)=O)CS/C1=C/C=C. The summed E-state index contributed by atoms with van der Waals surface area (Å²) < 4.78 is 4.91. The van der Waals surface area contributed by atoms with Crippen LogP contribution >= 0.6 is 11.8 Å². The molecule has 1 aliphatic heterocycles. The number of carbonyl (C=O) groups is 2. The third-order valence-corrected chi connectivity index (χ3v) is 3.05. The van der Waals surface area contributed by atoms with Crippen molar-refractivity contribution in [2.45, 2.75) is 13.0 Å². The molecule has 0 aliphatic carbocycles. The number of thioether (sulfide) groups is 1. The first-order chi connectivity index (χ1) is 7.60. The molecule has 0 radical (unpaired) electrons. The first-order valence-electron chi connectivity index (χ1n) is 4.67. The van der Waals surface area contributed by atoms with Gasteiger partial charge in [0, 0.05) is 17.6 Å². The molecule has 1 unspecified atom stereocenters. The van der Waals surface area contributed by atoms with Crippen molar-refractivity contribution < 1.29 is 14.3 Å². The molecule has 4 heteroatoms. The van der Waals surface area contributed by atoms with Gasteiger partial charge in [-0.1, -0.05) is 19.2 Å². The van der Waals surface area contributed by atoms with Gasteiger partial charge in [-0.05, 0) is 6.08 Å². The van der Waals surface area contributed by atoms with Crippen LogP contribution in [0.4, 0.5) is 0 Å². The van der Waals surface area contributed by atoms with Crippen molar-refractivity contribution in [2.75, 3.05) is 5.75 Å². The maximum Gasteiger partial charge on any atom is 0.303 e. The van der Waals surface area contributed by atoms with Crippen LogP contribution < -0.4 is 0 Å². The fraction of sp³-hybridized carbons (Fsp3) is 0.250. The Labute approximate surface area is 98.5 Å². The Balaban J connectivity index is 2.95. The zero-order chi connectivity index (χ0) is 12.1. The van der Waals surface area contributed by atoms with Gasteiger partial charge in [0.2, 0.25) is 5.78 Å². The molecule has 1 heterocycles. The molecule has 0 amide bonds. The lowest BCUT2D eigenvalue weighted by atomic mass is 10.1. The number of esters is 1. The summed E-state index contributed by atoms with van der Waals surface area (Å²) in [5, 5.41) is 0. The molecule has 1 fully saturated rings. The third kappa shape index (κ3) is 2.75. The van der Waals surface area contributed by atoms with Gasteiger partial charge in [-0.15, -0.1) is 17.5 Å². The minimum atomic E-state index is -0.728. The lowest BCUT2D eigenvalue weighted by molar-refractivity contribution is -0.150. The Bertz CT molecular complexity index is 414. The summed E-state index contributed by atoms with van der Waals surface area (Å²) >= 11 is 1.43. The van der Waals surface area contributed by atoms with Gasteiger partial charge in [0.25, 0.3) is 0 Å². The van der Waals surface area contributed by atoms with E-state index in [2.05, 4.69) is 18.9 Å². The number of Topliss-reactive ketones (excluding diaryl/α,β-unsaturated/α-hetero) is 1. The second-order valence-electron chi connectivity index (χ2n) is 3.09. The molecule has 1 aliphatic rings. The van der Waals surface area contributed by atoms with Crippen molar-refractivity contribution in [1.29, 1.82) is 0 Å². The summed E-state index contributed by atoms with van der Waals surface area (Å²) in [6.45, 7) is 8.32. The normalized spacial score (nSPS) is 22.8. The molecule has 0 N–H and O–H groups in total. The summed E-state index contributed by atoms with van der Waals surface area (Å²) in [6.07, 6.45) is 2.59. The van der Waals surface area contributed by atoms with Crippen molar-refractivity contribution in [3.63, 3.8) is 0 Å². The predicted molar refractivity (Wildman–Crippen MR) is 64.0 cm³/mol. The molecule has 0 bridgehead atoms. The number of carbonyl (C=O) groups excluding carboxylic acids is 2. The summed E-state index contributed by atoms with van der Waals surface area (Å²) in [5.41, 5.74) is 2.94. The Kier molecular flexibility index (Phi) is 4.35. The highest BCUT2D eigenvalue weighted by atomic mass is 32.2. The van der Waals surface area contributed by atoms with Crippen molar-refractivity contribution in [3.05, 3.63) is 41.5 Å². The molecule has 0 spiro atoms. The molecular formula is C12H12O3S. The lowest BCUT2D eigenvalue weighted by Gasteiger charge is -2.22. The van der Waals surface area contributed by atoms with Gasteiger partial charge in [-0.25, -0.2) is 0 Å². The summed E-state index contributed by atoms with van der Waals surface area (Å²) in [6, 6.07) is 0. The van der Waals surface area contributed by atoms with Gasteiger partial charge in [0.15, 0.2) is 6.10 Å². The maximum atomic E-state index is 11.9. The van der Waals surface area contributed by atoms with Crippen molar-refractivity contribution >= 4 is 23.5 Å². The monoisotopic (exact) mass is 236 g/mol. The highest BCUT2D eigenvalue weighted by Crippen LogP contribution is 2.32. The molecule has 0 saturated carbocycles. The zero-order valence-electron chi connectivity index (χ0n) is 8.99. The number of ketones is 1. The van der Waals surface area contributed by atoms with E-state index in [0.29, 0.717) is 11.3 Å². The summed E-state index contributed by atoms with van der Waals surface area (Å²) in [4.78, 5) is 23.4. The minimum absolute atomic E-state index is 0.253. The van der Waals surface area contributed by atoms with Gasteiger partial charge in [0.1, 0.15) is 0 Å². The fourth-order valence-corrected chi connectivity index (χ4v) is 2.36. The van der Waals surface area contributed by atoms with Crippen molar-refractivity contribution in [1.82, 2.24) is 0 Å². The van der Waals surface area contributed by atoms with Crippen LogP contribution in [0.15, 0.2) is 41.5 Å². The molecule has 0 aromatic rings. The largest absolute Gasteiger partial charge is 0.453 e. The average Bonchev–Trinajstić information content (AvgIpc) is 2.22. The Hall–Kier alpha value is -1.51. The van der Waals surface area contributed by atoms with E-state index in [1.165, 1.54) is 18.7 Å². The molecule has 1 rings (SSSR count). The second kappa shape index (κ2) is 5.54. The van der Waals surface area contributed by atoms with Crippen LogP contribution in [-0.4, -0.2) is 23.6 Å². The number of allylic oxidation sites excluding steroid dienone is 3. The number of rotatable bonds is 2. The smallest absolute Gasteiger partial charge is 0.303 e. The zero-order valence-corrected chi connectivity index (χ0v) is 9.80. The number of hydrogen-bond donors (Lipinski definition) is 0. The third-order valence-electron chi connectivity index (χ3n) is 1.93. The van der Waals surface area contributed by atoms with Crippen LogP contribution in [0.3, 0.4) is 0 Å². The van der Waals surface area contributed by atoms with Gasteiger partial charge in [-0.2, -0.15) is 0 Å². The molecule has 1 atom stereocenters. The second-order valence-corrected chi connectivity index (χ2v) is 4.15. The highest BCUT2D eigenvalue weighted by molar-refractivity contribution is 8.03. The fourth-order valence-electron chi connectivity index (χ4n) is 1.30. The average molecular weight is 236 g/mol. The molecule has 0 aromatic carbocycles. The van der Waals surface area contributed by atoms with E-state index >= 15 is 0 Å². The highest BCUT2D eigenvalue weighted by Gasteiger charge is 2.32. The topological polar surface area (TPSA) is 43.4 Å². The minimum Gasteiger partial charge on any atom is -0.453 e. The summed E-state index contributed by atoms with van der Waals surface area (Å²) in [5.74, 6) is -0.293. The van der Waals surface area contributed by atoms with Gasteiger partial charge >= 0.3 is 5.97 Å². The summed E-state index contributed by atoms with van der Waals surface area (Å²) in [7, 11) is 0. The van der Waals surface area contributed by atoms with E-state index in [0.717, 1.165) is 4.91 Å². The van der Waals surface area contributed by atoms with Crippen LogP contribution in [-0.2, 0) is 14.3 Å². The van der Waals surface area contributed by atoms with E-state index in [-0.39, 0.29) is 5.78 Å². The number of hydrogen-bond acceptors (Lipinski definition) is 4. The van der Waals surface area contributed by atoms with E-state index in [4.69, 9.17) is 4.74 Å². The molecule has 3 nitrogen and oxygen atoms in total. The van der Waals surface area contributed by atoms with Crippen molar-refractivity contribution in [2.24, 2.45) is 0 Å². The molecule has 16 heavy (non-hydrogen) atoms. The lowest BCUT2D eigenvalue weighted by Crippen LogP contribution is -2.33. The van der Waals surface area contributed by atoms with E-state index in [1.807, 2.05) is 0 Å². The van der Waals surface area contributed by atoms with Gasteiger partial charge in [-0.3, -0.25) is 9.59 Å². The molecule has 84 valence electrons. The molecular weight excluding hydrogens is 224 g/mol. The quantitative estimate of drug-likeness (QED) is 0.418. The van der Waals surface area contributed by atoms with Gasteiger partial charge in [0.05, 0.1) is 5.57 Å². The van der Waals surface area contributed by atoms with Crippen LogP contribution in [0.5, 0.6) is 0 Å². The number of ether oxygens (including phenoxy) is 1. The van der Waals surface area contributed by atoms with E-state index in [1.54, 1.807) is 12.2 Å². The Morgan fingerprint density at radius 1 is 1.69 bits per heavy atom. The van der Waals surface area contributed by atoms with Crippen LogP contribution in [0.25, 0.3) is 0 Å². The van der Waals surface area contributed by atoms with Crippen LogP contribution in [0.2, 0.25) is 0 Å². The first kappa shape index (κ1) is 12.6. The predicted octanol–water partition coefficient (Wildman–Crippen LogP) is 2.02. The van der Waals surface area contributed by atoms with Crippen LogP contribution in [0, 0.1) is 0 Å².